The van der Waals surface area contributed by atoms with E-state index in [0.717, 1.165) is 18.3 Å². The van der Waals surface area contributed by atoms with E-state index in [9.17, 15) is 4.79 Å². The summed E-state index contributed by atoms with van der Waals surface area (Å²) in [6.45, 7) is 22.1. The monoisotopic (exact) mass is 468 g/mol. The minimum absolute atomic E-state index is 0.0250. The lowest BCUT2D eigenvalue weighted by Gasteiger charge is -2.73. The molecule has 0 saturated heterocycles. The molecule has 0 N–H and O–H groups in total. The summed E-state index contributed by atoms with van der Waals surface area (Å²) in [6, 6.07) is 0. The van der Waals surface area contributed by atoms with Crippen molar-refractivity contribution < 1.29 is 9.53 Å². The Labute approximate surface area is 210 Å². The molecule has 0 radical (unpaired) electrons. The second-order valence-electron chi connectivity index (χ2n) is 15.8. The van der Waals surface area contributed by atoms with Crippen LogP contribution >= 0.6 is 0 Å². The van der Waals surface area contributed by atoms with Crippen LogP contribution in [-0.4, -0.2) is 12.1 Å². The van der Waals surface area contributed by atoms with E-state index >= 15 is 0 Å². The van der Waals surface area contributed by atoms with Gasteiger partial charge in [-0.3, -0.25) is 4.79 Å². The number of hydrogen-bond acceptors (Lipinski definition) is 2. The van der Waals surface area contributed by atoms with Gasteiger partial charge in [0.1, 0.15) is 6.10 Å². The maximum atomic E-state index is 11.8. The number of hydrogen-bond donors (Lipinski definition) is 0. The summed E-state index contributed by atoms with van der Waals surface area (Å²) in [4.78, 5) is 11.8. The van der Waals surface area contributed by atoms with Crippen LogP contribution in [0, 0.1) is 50.2 Å². The Balaban J connectivity index is 1.52. The Morgan fingerprint density at radius 1 is 0.824 bits per heavy atom. The third kappa shape index (κ3) is 3.21. The molecular formula is C32H52O2. The minimum Gasteiger partial charge on any atom is -0.462 e. The number of carbonyl (C=O) groups is 1. The summed E-state index contributed by atoms with van der Waals surface area (Å²) >= 11 is 0. The zero-order valence-corrected chi connectivity index (χ0v) is 23.8. The summed E-state index contributed by atoms with van der Waals surface area (Å²) in [5, 5.41) is 0. The Kier molecular flexibility index (Phi) is 5.40. The number of ether oxygens (including phenoxy) is 1. The fourth-order valence-electron chi connectivity index (χ4n) is 10.8. The molecule has 4 saturated carbocycles. The predicted octanol–water partition coefficient (Wildman–Crippen LogP) is 8.74. The largest absolute Gasteiger partial charge is 0.462 e. The lowest BCUT2D eigenvalue weighted by molar-refractivity contribution is -0.231. The predicted molar refractivity (Wildman–Crippen MR) is 140 cm³/mol. The number of allylic oxidation sites excluding steroid dienone is 1. The highest BCUT2D eigenvalue weighted by molar-refractivity contribution is 5.66. The lowest BCUT2D eigenvalue weighted by Crippen LogP contribution is -2.65. The van der Waals surface area contributed by atoms with E-state index in [4.69, 9.17) is 4.74 Å². The first-order chi connectivity index (χ1) is 15.6. The van der Waals surface area contributed by atoms with Gasteiger partial charge >= 0.3 is 5.97 Å². The smallest absolute Gasteiger partial charge is 0.302 e. The molecule has 0 bridgehead atoms. The summed E-state index contributed by atoms with van der Waals surface area (Å²) in [7, 11) is 0. The van der Waals surface area contributed by atoms with E-state index < -0.39 is 0 Å². The molecule has 0 aromatic rings. The molecule has 0 aromatic heterocycles. The first-order valence-corrected chi connectivity index (χ1v) is 14.5. The van der Waals surface area contributed by atoms with Crippen molar-refractivity contribution in [3.63, 3.8) is 0 Å². The highest BCUT2D eigenvalue weighted by Crippen LogP contribution is 2.77. The molecule has 0 aliphatic heterocycles. The van der Waals surface area contributed by atoms with Crippen molar-refractivity contribution in [2.45, 2.75) is 133 Å². The van der Waals surface area contributed by atoms with Gasteiger partial charge in [-0.25, -0.2) is 0 Å². The molecule has 4 fully saturated rings. The molecule has 34 heavy (non-hydrogen) atoms. The van der Waals surface area contributed by atoms with Crippen LogP contribution in [0.5, 0.6) is 0 Å². The quantitative estimate of drug-likeness (QED) is 0.284. The van der Waals surface area contributed by atoms with E-state index in [2.05, 4.69) is 61.5 Å². The zero-order chi connectivity index (χ0) is 24.9. The second-order valence-corrected chi connectivity index (χ2v) is 15.8. The van der Waals surface area contributed by atoms with Gasteiger partial charge in [-0.1, -0.05) is 67.0 Å². The van der Waals surface area contributed by atoms with E-state index in [1.807, 2.05) is 0 Å². The van der Waals surface area contributed by atoms with Gasteiger partial charge in [0.25, 0.3) is 0 Å². The second kappa shape index (κ2) is 7.38. The summed E-state index contributed by atoms with van der Waals surface area (Å²) in [5.41, 5.74) is 3.81. The van der Waals surface area contributed by atoms with Gasteiger partial charge in [0.15, 0.2) is 0 Å². The fourth-order valence-corrected chi connectivity index (χ4v) is 10.8. The van der Waals surface area contributed by atoms with Crippen LogP contribution < -0.4 is 0 Å². The number of rotatable bonds is 1. The molecule has 5 aliphatic carbocycles. The van der Waals surface area contributed by atoms with Crippen LogP contribution in [0.3, 0.4) is 0 Å². The molecule has 0 aromatic carbocycles. The molecule has 0 unspecified atom stereocenters. The summed E-state index contributed by atoms with van der Waals surface area (Å²) < 4.78 is 5.86. The minimum atomic E-state index is -0.126. The van der Waals surface area contributed by atoms with Crippen molar-refractivity contribution in [2.24, 2.45) is 50.2 Å². The van der Waals surface area contributed by atoms with Crippen LogP contribution in [0.2, 0.25) is 0 Å². The van der Waals surface area contributed by atoms with E-state index in [1.54, 1.807) is 12.5 Å². The molecule has 0 heterocycles. The Morgan fingerprint density at radius 2 is 1.44 bits per heavy atom. The van der Waals surface area contributed by atoms with Crippen LogP contribution in [0.1, 0.15) is 127 Å². The molecule has 2 nitrogen and oxygen atoms in total. The topological polar surface area (TPSA) is 26.3 Å². The Bertz CT molecular complexity index is 897. The average Bonchev–Trinajstić information content (AvgIpc) is 2.73. The van der Waals surface area contributed by atoms with Crippen LogP contribution in [0.25, 0.3) is 0 Å². The van der Waals surface area contributed by atoms with Crippen molar-refractivity contribution in [3.8, 4) is 0 Å². The van der Waals surface area contributed by atoms with Crippen LogP contribution in [-0.2, 0) is 9.53 Å². The van der Waals surface area contributed by atoms with E-state index in [0.29, 0.717) is 33.0 Å². The maximum absolute atomic E-state index is 11.8. The number of carbonyl (C=O) groups excluding carboxylic acids is 1. The lowest BCUT2D eigenvalue weighted by atomic mass is 9.31. The third-order valence-electron chi connectivity index (χ3n) is 13.3. The molecule has 5 rings (SSSR count). The molecule has 8 atom stereocenters. The highest BCUT2D eigenvalue weighted by Gasteiger charge is 2.69. The van der Waals surface area contributed by atoms with Gasteiger partial charge in [0, 0.05) is 12.3 Å². The molecular weight excluding hydrogens is 416 g/mol. The van der Waals surface area contributed by atoms with Crippen LogP contribution in [0.15, 0.2) is 11.6 Å². The molecule has 0 amide bonds. The van der Waals surface area contributed by atoms with E-state index in [-0.39, 0.29) is 17.5 Å². The molecule has 0 spiro atoms. The van der Waals surface area contributed by atoms with Gasteiger partial charge in [-0.05, 0) is 109 Å². The molecule has 2 heteroatoms. The normalized spacial score (nSPS) is 51.1. The van der Waals surface area contributed by atoms with Gasteiger partial charge in [-0.2, -0.15) is 0 Å². The van der Waals surface area contributed by atoms with Crippen molar-refractivity contribution in [3.05, 3.63) is 11.6 Å². The highest BCUT2D eigenvalue weighted by atomic mass is 16.5. The standard InChI is InChI=1S/C32H52O2/c1-21(33)34-26-13-11-23-22(28(26,4)5)10-12-24-30(23,7)17-19-32(9)25-20-27(2,3)14-15-29(25,6)16-18-31(24,32)8/h10,23-26H,11-20H2,1-9H3/t23-,24+,25-,26+,29-,30+,31-,32+/m0/s1. The van der Waals surface area contributed by atoms with Crippen molar-refractivity contribution in [2.75, 3.05) is 0 Å². The van der Waals surface area contributed by atoms with Gasteiger partial charge < -0.3 is 4.74 Å². The zero-order valence-electron chi connectivity index (χ0n) is 23.8. The summed E-state index contributed by atoms with van der Waals surface area (Å²) in [6.07, 6.45) is 15.9. The van der Waals surface area contributed by atoms with Gasteiger partial charge in [0.05, 0.1) is 0 Å². The first kappa shape index (κ1) is 24.9. The van der Waals surface area contributed by atoms with Gasteiger partial charge in [-0.15, -0.1) is 0 Å². The van der Waals surface area contributed by atoms with Crippen molar-refractivity contribution in [1.82, 2.24) is 0 Å². The maximum Gasteiger partial charge on any atom is 0.302 e. The van der Waals surface area contributed by atoms with Crippen molar-refractivity contribution >= 4 is 5.97 Å². The summed E-state index contributed by atoms with van der Waals surface area (Å²) in [5.74, 6) is 2.14. The average molecular weight is 469 g/mol. The van der Waals surface area contributed by atoms with E-state index in [1.165, 1.54) is 57.8 Å². The van der Waals surface area contributed by atoms with Crippen LogP contribution in [0.4, 0.5) is 0 Å². The fraction of sp³-hybridized carbons (Fsp3) is 0.906. The SMILES string of the molecule is CC(=O)O[C@@H]1CC[C@H]2C(=CC[C@@H]3[C@]2(C)CC[C@]2(C)[C@H]4CC(C)(C)CC[C@@]4(C)CC[C@@]32C)C1(C)C. The first-order valence-electron chi connectivity index (χ1n) is 14.5. The number of esters is 1. The Morgan fingerprint density at radius 3 is 2.12 bits per heavy atom. The molecule has 5 aliphatic rings. The molecule has 192 valence electrons. The third-order valence-corrected chi connectivity index (χ3v) is 13.3. The number of fused-ring (bicyclic) bond motifs is 7. The van der Waals surface area contributed by atoms with Gasteiger partial charge in [0.2, 0.25) is 0 Å². The Hall–Kier alpha value is -0.790. The van der Waals surface area contributed by atoms with Crippen molar-refractivity contribution in [1.29, 1.82) is 0 Å².